The highest BCUT2D eigenvalue weighted by Gasteiger charge is 2.19. The van der Waals surface area contributed by atoms with E-state index in [4.69, 9.17) is 9.79 Å². The quantitative estimate of drug-likeness (QED) is 0.323. The van der Waals surface area contributed by atoms with Crippen LogP contribution >= 0.6 is 7.75 Å². The summed E-state index contributed by atoms with van der Waals surface area (Å²) in [5.74, 6) is -0.650. The molecule has 2 aromatic rings. The molecule has 116 valence electrons. The van der Waals surface area contributed by atoms with Gasteiger partial charge in [0.05, 0.1) is 5.69 Å². The lowest BCUT2D eigenvalue weighted by molar-refractivity contribution is 0.0993. The zero-order chi connectivity index (χ0) is 16.3. The summed E-state index contributed by atoms with van der Waals surface area (Å²) in [6.45, 7) is 0. The van der Waals surface area contributed by atoms with E-state index in [0.717, 1.165) is 6.07 Å². The highest BCUT2D eigenvalue weighted by atomic mass is 31.2. The summed E-state index contributed by atoms with van der Waals surface area (Å²) < 4.78 is 11.0. The monoisotopic (exact) mass is 323 g/mol. The third-order valence-electron chi connectivity index (χ3n) is 2.84. The van der Waals surface area contributed by atoms with Crippen LogP contribution in [0.4, 0.5) is 5.69 Å². The van der Waals surface area contributed by atoms with E-state index in [0.29, 0.717) is 5.56 Å². The molecule has 8 heteroatoms. The van der Waals surface area contributed by atoms with Crippen LogP contribution < -0.4 is 5.09 Å². The SMILES string of the molecule is O=C(Cc1cccc(O)c1)c1cc(O)ccc1NP(=O)(O)O. The highest BCUT2D eigenvalue weighted by Crippen LogP contribution is 2.37. The van der Waals surface area contributed by atoms with E-state index in [1.54, 1.807) is 12.1 Å². The molecule has 0 saturated heterocycles. The molecule has 0 aliphatic rings. The number of phenolic OH excluding ortho intramolecular Hbond substituents is 2. The summed E-state index contributed by atoms with van der Waals surface area (Å²) in [6, 6.07) is 9.64. The molecule has 5 N–H and O–H groups in total. The number of benzene rings is 2. The van der Waals surface area contributed by atoms with E-state index < -0.39 is 13.5 Å². The number of carbonyl (C=O) groups excluding carboxylic acids is 1. The Bertz CT molecular complexity index is 755. The summed E-state index contributed by atoms with van der Waals surface area (Å²) in [5.41, 5.74) is 0.415. The predicted octanol–water partition coefficient (Wildman–Crippen LogP) is 2.03. The van der Waals surface area contributed by atoms with Crippen molar-refractivity contribution in [1.82, 2.24) is 0 Å². The normalized spacial score (nSPS) is 11.2. The number of nitrogens with one attached hydrogen (secondary N) is 1. The molecule has 0 radical (unpaired) electrons. The zero-order valence-electron chi connectivity index (χ0n) is 11.3. The maximum absolute atomic E-state index is 12.3. The third-order valence-corrected chi connectivity index (χ3v) is 3.38. The molecule has 0 unspecified atom stereocenters. The average molecular weight is 323 g/mol. The molecule has 22 heavy (non-hydrogen) atoms. The molecule has 0 amide bonds. The van der Waals surface area contributed by atoms with Crippen LogP contribution in [0.3, 0.4) is 0 Å². The number of aromatic hydroxyl groups is 2. The Morgan fingerprint density at radius 2 is 1.73 bits per heavy atom. The number of phenols is 2. The van der Waals surface area contributed by atoms with Gasteiger partial charge >= 0.3 is 7.75 Å². The van der Waals surface area contributed by atoms with Crippen LogP contribution in [0.1, 0.15) is 15.9 Å². The molecule has 0 aromatic heterocycles. The number of hydrogen-bond donors (Lipinski definition) is 5. The first-order chi connectivity index (χ1) is 10.2. The minimum Gasteiger partial charge on any atom is -0.508 e. The molecule has 2 aromatic carbocycles. The molecule has 2 rings (SSSR count). The van der Waals surface area contributed by atoms with E-state index >= 15 is 0 Å². The van der Waals surface area contributed by atoms with Gasteiger partial charge in [0, 0.05) is 12.0 Å². The number of anilines is 1. The fourth-order valence-electron chi connectivity index (χ4n) is 1.96. The Labute approximate surface area is 126 Å². The van der Waals surface area contributed by atoms with Crippen LogP contribution in [0.25, 0.3) is 0 Å². The van der Waals surface area contributed by atoms with Gasteiger partial charge in [-0.2, -0.15) is 0 Å². The highest BCUT2D eigenvalue weighted by molar-refractivity contribution is 7.53. The van der Waals surface area contributed by atoms with E-state index in [1.165, 1.54) is 24.3 Å². The lowest BCUT2D eigenvalue weighted by Crippen LogP contribution is -2.08. The van der Waals surface area contributed by atoms with E-state index in [1.807, 2.05) is 5.09 Å². The molecule has 0 saturated carbocycles. The molecular formula is C14H14NO6P. The van der Waals surface area contributed by atoms with Crippen LogP contribution in [0, 0.1) is 0 Å². The first-order valence-electron chi connectivity index (χ1n) is 6.22. The van der Waals surface area contributed by atoms with Crippen molar-refractivity contribution >= 4 is 19.2 Å². The van der Waals surface area contributed by atoms with Gasteiger partial charge in [0.15, 0.2) is 5.78 Å². The third kappa shape index (κ3) is 4.33. The smallest absolute Gasteiger partial charge is 0.427 e. The largest absolute Gasteiger partial charge is 0.508 e. The molecule has 0 aliphatic heterocycles. The summed E-state index contributed by atoms with van der Waals surface area (Å²) >= 11 is 0. The average Bonchev–Trinajstić information content (AvgIpc) is 2.39. The first kappa shape index (κ1) is 16.0. The van der Waals surface area contributed by atoms with Gasteiger partial charge in [0.25, 0.3) is 0 Å². The molecule has 0 spiro atoms. The molecule has 0 heterocycles. The summed E-state index contributed by atoms with van der Waals surface area (Å²) in [7, 11) is -4.58. The second-order valence-corrected chi connectivity index (χ2v) is 5.97. The van der Waals surface area contributed by atoms with Crippen molar-refractivity contribution in [3.8, 4) is 11.5 Å². The molecule has 0 atom stereocenters. The van der Waals surface area contributed by atoms with E-state index in [2.05, 4.69) is 0 Å². The molecule has 0 aliphatic carbocycles. The van der Waals surface area contributed by atoms with Gasteiger partial charge in [-0.3, -0.25) is 9.88 Å². The Morgan fingerprint density at radius 1 is 1.05 bits per heavy atom. The molecular weight excluding hydrogens is 309 g/mol. The van der Waals surface area contributed by atoms with Crippen LogP contribution in [0.5, 0.6) is 11.5 Å². The van der Waals surface area contributed by atoms with Crippen LogP contribution in [0.15, 0.2) is 42.5 Å². The Balaban J connectivity index is 2.32. The fourth-order valence-corrected chi connectivity index (χ4v) is 2.47. The van der Waals surface area contributed by atoms with Crippen molar-refractivity contribution in [3.05, 3.63) is 53.6 Å². The van der Waals surface area contributed by atoms with Crippen molar-refractivity contribution in [2.45, 2.75) is 6.42 Å². The van der Waals surface area contributed by atoms with Crippen molar-refractivity contribution < 1.29 is 29.4 Å². The van der Waals surface area contributed by atoms with Crippen molar-refractivity contribution in [2.24, 2.45) is 0 Å². The molecule has 0 bridgehead atoms. The van der Waals surface area contributed by atoms with Crippen LogP contribution in [0.2, 0.25) is 0 Å². The first-order valence-corrected chi connectivity index (χ1v) is 7.84. The Morgan fingerprint density at radius 3 is 2.36 bits per heavy atom. The lowest BCUT2D eigenvalue weighted by atomic mass is 10.0. The second-order valence-electron chi connectivity index (χ2n) is 4.66. The zero-order valence-corrected chi connectivity index (χ0v) is 12.2. The number of hydrogen-bond acceptors (Lipinski definition) is 4. The van der Waals surface area contributed by atoms with Crippen molar-refractivity contribution in [1.29, 1.82) is 0 Å². The minimum atomic E-state index is -4.58. The topological polar surface area (TPSA) is 127 Å². The van der Waals surface area contributed by atoms with Crippen molar-refractivity contribution in [2.75, 3.05) is 5.09 Å². The summed E-state index contributed by atoms with van der Waals surface area (Å²) in [5, 5.41) is 20.8. The number of Topliss-reactive ketones (excluding diaryl/α,β-unsaturated/α-hetero) is 1. The Hall–Kier alpha value is -2.34. The fraction of sp³-hybridized carbons (Fsp3) is 0.0714. The maximum Gasteiger partial charge on any atom is 0.427 e. The van der Waals surface area contributed by atoms with E-state index in [-0.39, 0.29) is 29.2 Å². The minimum absolute atomic E-state index is 0.00905. The van der Waals surface area contributed by atoms with Crippen molar-refractivity contribution in [3.63, 3.8) is 0 Å². The summed E-state index contributed by atoms with van der Waals surface area (Å²) in [4.78, 5) is 30.2. The maximum atomic E-state index is 12.3. The Kier molecular flexibility index (Phi) is 4.51. The van der Waals surface area contributed by atoms with Gasteiger partial charge in [-0.15, -0.1) is 0 Å². The molecule has 7 nitrogen and oxygen atoms in total. The summed E-state index contributed by atoms with van der Waals surface area (Å²) in [6.07, 6.45) is -0.0896. The van der Waals surface area contributed by atoms with E-state index in [9.17, 15) is 19.6 Å². The van der Waals surface area contributed by atoms with Gasteiger partial charge in [0.1, 0.15) is 11.5 Å². The number of rotatable bonds is 5. The van der Waals surface area contributed by atoms with Gasteiger partial charge in [0.2, 0.25) is 0 Å². The number of carbonyl (C=O) groups is 1. The second kappa shape index (κ2) is 6.19. The standard InChI is InChI=1S/C14H14NO6P/c16-10-3-1-2-9(6-10)7-14(18)12-8-11(17)4-5-13(12)15-22(19,20)21/h1-6,8,16-17H,7H2,(H3,15,19,20,21). The van der Waals surface area contributed by atoms with Gasteiger partial charge in [-0.05, 0) is 35.9 Å². The van der Waals surface area contributed by atoms with Crippen LogP contribution in [-0.4, -0.2) is 25.8 Å². The molecule has 0 fully saturated rings. The van der Waals surface area contributed by atoms with Crippen LogP contribution in [-0.2, 0) is 11.0 Å². The van der Waals surface area contributed by atoms with Gasteiger partial charge in [-0.25, -0.2) is 4.57 Å². The predicted molar refractivity (Wildman–Crippen MR) is 79.9 cm³/mol. The number of ketones is 1. The lowest BCUT2D eigenvalue weighted by Gasteiger charge is -2.12. The van der Waals surface area contributed by atoms with Gasteiger partial charge in [-0.1, -0.05) is 12.1 Å². The van der Waals surface area contributed by atoms with Gasteiger partial charge < -0.3 is 20.0 Å².